The van der Waals surface area contributed by atoms with Gasteiger partial charge in [0.1, 0.15) is 18.9 Å². The Morgan fingerprint density at radius 3 is 1.94 bits per heavy atom. The van der Waals surface area contributed by atoms with Crippen LogP contribution in [0.3, 0.4) is 0 Å². The van der Waals surface area contributed by atoms with Crippen molar-refractivity contribution in [3.8, 4) is 0 Å². The van der Waals surface area contributed by atoms with Crippen molar-refractivity contribution in [2.75, 3.05) is 19.6 Å². The molecule has 0 saturated carbocycles. The van der Waals surface area contributed by atoms with E-state index in [2.05, 4.69) is 0 Å². The molecule has 0 radical (unpaired) electrons. The number of rotatable bonds is 11. The number of carboxylic acid groups (broad SMARTS) is 1. The Morgan fingerprint density at radius 1 is 0.904 bits per heavy atom. The fourth-order valence-corrected chi connectivity index (χ4v) is 8.96. The SMILES string of the molecule is C[C@@H](O)[C@H]1C(=O)N2C(C(=O)O)=C(S[C@H]3C[C@@H](C4CCN(C(=O)OCc5ccc([N+](=O)[O-])cc5)CC4)N(C(=O)OCc4ccc([N+](=O)[O-])cc4)C3)C[C@H]12. The van der Waals surface area contributed by atoms with E-state index in [0.717, 1.165) is 0 Å². The molecule has 4 heterocycles. The van der Waals surface area contributed by atoms with Crippen LogP contribution in [0.5, 0.6) is 0 Å². The van der Waals surface area contributed by atoms with Crippen molar-refractivity contribution < 1.29 is 48.7 Å². The number of β-lactam (4-membered cyclic amide) rings is 1. The predicted molar refractivity (Wildman–Crippen MR) is 182 cm³/mol. The summed E-state index contributed by atoms with van der Waals surface area (Å²) in [6.07, 6.45) is -0.158. The Balaban J connectivity index is 1.11. The van der Waals surface area contributed by atoms with Crippen molar-refractivity contribution in [1.29, 1.82) is 0 Å². The molecular formula is C34H37N5O12S. The van der Waals surface area contributed by atoms with Crippen molar-refractivity contribution in [3.63, 3.8) is 0 Å². The molecule has 2 aromatic rings. The Labute approximate surface area is 301 Å². The summed E-state index contributed by atoms with van der Waals surface area (Å²) in [5.74, 6) is -2.37. The number of ether oxygens (including phenoxy) is 2. The van der Waals surface area contributed by atoms with E-state index >= 15 is 0 Å². The number of nitro groups is 2. The van der Waals surface area contributed by atoms with Gasteiger partial charge >= 0.3 is 18.2 Å². The van der Waals surface area contributed by atoms with Gasteiger partial charge in [0.2, 0.25) is 5.91 Å². The normalized spacial score (nSPS) is 23.6. The molecule has 2 aromatic carbocycles. The number of benzene rings is 2. The molecule has 4 aliphatic heterocycles. The van der Waals surface area contributed by atoms with Crippen LogP contribution < -0.4 is 0 Å². The highest BCUT2D eigenvalue weighted by Gasteiger charge is 2.57. The molecule has 17 nitrogen and oxygen atoms in total. The first-order valence-corrected chi connectivity index (χ1v) is 17.7. The molecule has 6 rings (SSSR count). The second-order valence-corrected chi connectivity index (χ2v) is 14.7. The van der Waals surface area contributed by atoms with E-state index in [0.29, 0.717) is 54.8 Å². The van der Waals surface area contributed by atoms with Crippen molar-refractivity contribution in [2.24, 2.45) is 11.8 Å². The third-order valence-electron chi connectivity index (χ3n) is 10.1. The van der Waals surface area contributed by atoms with E-state index in [-0.39, 0.29) is 54.0 Å². The van der Waals surface area contributed by atoms with Crippen LogP contribution in [0.1, 0.15) is 43.7 Å². The molecule has 2 N–H and O–H groups in total. The molecular weight excluding hydrogens is 702 g/mol. The second kappa shape index (κ2) is 15.2. The molecule has 3 saturated heterocycles. The van der Waals surface area contributed by atoms with Gasteiger partial charge in [0, 0.05) is 66.5 Å². The predicted octanol–water partition coefficient (Wildman–Crippen LogP) is 4.27. The van der Waals surface area contributed by atoms with E-state index in [1.54, 1.807) is 9.80 Å². The van der Waals surface area contributed by atoms with Crippen LogP contribution in [0.15, 0.2) is 59.1 Å². The number of likely N-dealkylation sites (tertiary alicyclic amines) is 2. The number of thioether (sulfide) groups is 1. The van der Waals surface area contributed by atoms with Crippen LogP contribution in [-0.4, -0.2) is 102 Å². The number of carboxylic acids is 1. The van der Waals surface area contributed by atoms with Gasteiger partial charge in [0.25, 0.3) is 11.4 Å². The minimum absolute atomic E-state index is 0.0334. The molecule has 0 aliphatic carbocycles. The van der Waals surface area contributed by atoms with Gasteiger partial charge in [0.05, 0.1) is 27.9 Å². The number of hydrogen-bond donors (Lipinski definition) is 2. The minimum Gasteiger partial charge on any atom is -0.477 e. The monoisotopic (exact) mass is 739 g/mol. The number of piperidine rings is 1. The summed E-state index contributed by atoms with van der Waals surface area (Å²) in [6, 6.07) is 10.6. The number of carbonyl (C=O) groups excluding carboxylic acids is 3. The van der Waals surface area contributed by atoms with E-state index in [9.17, 15) is 49.6 Å². The second-order valence-electron chi connectivity index (χ2n) is 13.3. The zero-order valence-corrected chi connectivity index (χ0v) is 28.9. The number of nitro benzene ring substituents is 2. The van der Waals surface area contributed by atoms with E-state index in [4.69, 9.17) is 9.47 Å². The first kappa shape index (κ1) is 36.6. The van der Waals surface area contributed by atoms with Gasteiger partial charge in [-0.3, -0.25) is 25.0 Å². The lowest BCUT2D eigenvalue weighted by molar-refractivity contribution is -0.385. The zero-order valence-electron chi connectivity index (χ0n) is 28.1. The van der Waals surface area contributed by atoms with E-state index in [1.807, 2.05) is 0 Å². The maximum absolute atomic E-state index is 13.6. The van der Waals surface area contributed by atoms with Crippen LogP contribution >= 0.6 is 11.8 Å². The average Bonchev–Trinajstić information content (AvgIpc) is 3.69. The number of aliphatic hydroxyl groups is 1. The lowest BCUT2D eigenvalue weighted by atomic mass is 9.83. The van der Waals surface area contributed by atoms with Crippen molar-refractivity contribution in [3.05, 3.63) is 90.5 Å². The van der Waals surface area contributed by atoms with Crippen LogP contribution in [0.2, 0.25) is 0 Å². The summed E-state index contributed by atoms with van der Waals surface area (Å²) in [7, 11) is 0. The summed E-state index contributed by atoms with van der Waals surface area (Å²) in [5.41, 5.74) is 0.911. The quantitative estimate of drug-likeness (QED) is 0.187. The maximum atomic E-state index is 13.6. The van der Waals surface area contributed by atoms with E-state index < -0.39 is 52.0 Å². The third kappa shape index (κ3) is 7.52. The van der Waals surface area contributed by atoms with Gasteiger partial charge in [-0.05, 0) is 67.5 Å². The summed E-state index contributed by atoms with van der Waals surface area (Å²) in [6.45, 7) is 2.29. The van der Waals surface area contributed by atoms with Gasteiger partial charge in [-0.25, -0.2) is 14.4 Å². The summed E-state index contributed by atoms with van der Waals surface area (Å²) in [4.78, 5) is 77.4. The van der Waals surface area contributed by atoms with Gasteiger partial charge < -0.3 is 34.4 Å². The number of amides is 3. The van der Waals surface area contributed by atoms with Crippen LogP contribution in [0, 0.1) is 32.1 Å². The number of aliphatic carboxylic acids is 1. The lowest BCUT2D eigenvalue weighted by Crippen LogP contribution is -2.61. The molecule has 3 fully saturated rings. The molecule has 0 bridgehead atoms. The van der Waals surface area contributed by atoms with Crippen LogP contribution in [0.25, 0.3) is 0 Å². The minimum atomic E-state index is -1.23. The topological polar surface area (TPSA) is 223 Å². The molecule has 0 unspecified atom stereocenters. The summed E-state index contributed by atoms with van der Waals surface area (Å²) in [5, 5.41) is 41.9. The molecule has 0 aromatic heterocycles. The van der Waals surface area contributed by atoms with Crippen molar-refractivity contribution >= 4 is 47.2 Å². The van der Waals surface area contributed by atoms with Crippen LogP contribution in [0.4, 0.5) is 21.0 Å². The zero-order chi connectivity index (χ0) is 37.3. The Kier molecular flexibility index (Phi) is 10.7. The first-order chi connectivity index (χ1) is 24.8. The number of fused-ring (bicyclic) bond motifs is 1. The fraction of sp³-hybridized carbons (Fsp3) is 0.471. The highest BCUT2D eigenvalue weighted by molar-refractivity contribution is 8.03. The molecule has 52 heavy (non-hydrogen) atoms. The standard InChI is InChI=1S/C34H37N5O12S/c1-19(40)29-27-15-28(30(32(42)43)37(27)31(29)41)52-25-14-26(36(16-25)34(45)51-18-21-4-8-24(9-5-21)39(48)49)22-10-12-35(13-11-22)33(44)50-17-20-2-6-23(7-3-20)38(46)47/h2-9,19,22,25-27,29,40H,10-18H2,1H3,(H,42,43)/t19-,25+,26+,27-,29-/m1/s1. The number of aliphatic hydroxyl groups excluding tert-OH is 1. The number of carbonyl (C=O) groups is 4. The number of non-ortho nitro benzene ring substituents is 2. The molecule has 3 amide bonds. The van der Waals surface area contributed by atoms with Gasteiger partial charge in [0.15, 0.2) is 0 Å². The highest BCUT2D eigenvalue weighted by Crippen LogP contribution is 2.49. The van der Waals surface area contributed by atoms with Gasteiger partial charge in [-0.2, -0.15) is 0 Å². The molecule has 276 valence electrons. The molecule has 18 heteroatoms. The van der Waals surface area contributed by atoms with Gasteiger partial charge in [-0.1, -0.05) is 0 Å². The molecule has 5 atom stereocenters. The Bertz CT molecular complexity index is 1780. The summed E-state index contributed by atoms with van der Waals surface area (Å²) >= 11 is 1.32. The van der Waals surface area contributed by atoms with Crippen molar-refractivity contribution in [1.82, 2.24) is 14.7 Å². The molecule has 0 spiro atoms. The third-order valence-corrected chi connectivity index (χ3v) is 11.4. The van der Waals surface area contributed by atoms with Crippen molar-refractivity contribution in [2.45, 2.75) is 69.3 Å². The van der Waals surface area contributed by atoms with Crippen LogP contribution in [-0.2, 0) is 32.3 Å². The number of nitrogens with zero attached hydrogens (tertiary/aromatic N) is 5. The molecule has 4 aliphatic rings. The smallest absolute Gasteiger partial charge is 0.410 e. The maximum Gasteiger partial charge on any atom is 0.410 e. The summed E-state index contributed by atoms with van der Waals surface area (Å²) < 4.78 is 11.1. The average molecular weight is 740 g/mol. The number of hydrogen-bond acceptors (Lipinski definition) is 12. The largest absolute Gasteiger partial charge is 0.477 e. The Hall–Kier alpha value is -5.23. The lowest BCUT2D eigenvalue weighted by Gasteiger charge is -2.44. The van der Waals surface area contributed by atoms with E-state index in [1.165, 1.54) is 72.1 Å². The Morgan fingerprint density at radius 2 is 1.44 bits per heavy atom. The van der Waals surface area contributed by atoms with Gasteiger partial charge in [-0.15, -0.1) is 11.8 Å². The first-order valence-electron chi connectivity index (χ1n) is 16.8. The highest BCUT2D eigenvalue weighted by atomic mass is 32.2. The fourth-order valence-electron chi connectivity index (χ4n) is 7.46.